The number of benzene rings is 1. The van der Waals surface area contributed by atoms with Gasteiger partial charge in [-0.2, -0.15) is 0 Å². The zero-order valence-corrected chi connectivity index (χ0v) is 16.6. The molecule has 1 atom stereocenters. The summed E-state index contributed by atoms with van der Waals surface area (Å²) in [6.07, 6.45) is 0.197. The molecule has 0 radical (unpaired) electrons. The number of hydrogen-bond acceptors (Lipinski definition) is 4. The van der Waals surface area contributed by atoms with E-state index < -0.39 is 0 Å². The Morgan fingerprint density at radius 1 is 1.38 bits per heavy atom. The molecule has 6 heteroatoms. The minimum Gasteiger partial charge on any atom is -0.494 e. The van der Waals surface area contributed by atoms with Gasteiger partial charge in [0.1, 0.15) is 5.75 Å². The van der Waals surface area contributed by atoms with Crippen LogP contribution in [0.3, 0.4) is 0 Å². The third-order valence-electron chi connectivity index (χ3n) is 4.24. The zero-order valence-electron chi connectivity index (χ0n) is 16.6. The lowest BCUT2D eigenvalue weighted by atomic mass is 10.2. The van der Waals surface area contributed by atoms with Gasteiger partial charge in [0, 0.05) is 39.8 Å². The van der Waals surface area contributed by atoms with E-state index in [0.29, 0.717) is 19.1 Å². The van der Waals surface area contributed by atoms with Crippen LogP contribution in [0.5, 0.6) is 5.75 Å². The molecule has 26 heavy (non-hydrogen) atoms. The smallest absolute Gasteiger partial charge is 0.191 e. The van der Waals surface area contributed by atoms with E-state index in [-0.39, 0.29) is 6.10 Å². The first-order valence-electron chi connectivity index (χ1n) is 9.61. The average Bonchev–Trinajstić information content (AvgIpc) is 2.62. The van der Waals surface area contributed by atoms with Crippen molar-refractivity contribution >= 4 is 5.96 Å². The van der Waals surface area contributed by atoms with Gasteiger partial charge in [-0.1, -0.05) is 26.0 Å². The van der Waals surface area contributed by atoms with Gasteiger partial charge in [-0.05, 0) is 30.5 Å². The van der Waals surface area contributed by atoms with Gasteiger partial charge in [0.15, 0.2) is 5.96 Å². The van der Waals surface area contributed by atoms with Crippen molar-refractivity contribution in [1.82, 2.24) is 15.5 Å². The van der Waals surface area contributed by atoms with Crippen LogP contribution in [-0.2, 0) is 11.3 Å². The summed E-state index contributed by atoms with van der Waals surface area (Å²) in [6, 6.07) is 8.12. The Morgan fingerprint density at radius 2 is 2.23 bits per heavy atom. The number of morpholine rings is 1. The standard InChI is InChI=1S/C20H34N4O2/c1-5-25-18-8-6-7-17(11-18)12-22-20(21-4)23-13-19-15-24(9-10-26-19)14-16(2)3/h6-8,11,16,19H,5,9-10,12-15H2,1-4H3,(H2,21,22,23). The van der Waals surface area contributed by atoms with Crippen LogP contribution < -0.4 is 15.4 Å². The molecular formula is C20H34N4O2. The van der Waals surface area contributed by atoms with Gasteiger partial charge < -0.3 is 20.1 Å². The molecule has 6 nitrogen and oxygen atoms in total. The Bertz CT molecular complexity index is 562. The van der Waals surface area contributed by atoms with Crippen LogP contribution in [-0.4, -0.2) is 63.4 Å². The lowest BCUT2D eigenvalue weighted by Gasteiger charge is -2.34. The van der Waals surface area contributed by atoms with Crippen LogP contribution in [0.2, 0.25) is 0 Å². The van der Waals surface area contributed by atoms with Crippen molar-refractivity contribution in [3.8, 4) is 5.75 Å². The monoisotopic (exact) mass is 362 g/mol. The first-order valence-corrected chi connectivity index (χ1v) is 9.61. The summed E-state index contributed by atoms with van der Waals surface area (Å²) >= 11 is 0. The number of nitrogens with zero attached hydrogens (tertiary/aromatic N) is 2. The molecule has 1 aliphatic rings. The summed E-state index contributed by atoms with van der Waals surface area (Å²) in [6.45, 7) is 12.6. The maximum atomic E-state index is 5.89. The van der Waals surface area contributed by atoms with Gasteiger partial charge in [0.2, 0.25) is 0 Å². The highest BCUT2D eigenvalue weighted by Crippen LogP contribution is 2.13. The molecule has 0 spiro atoms. The molecule has 0 bridgehead atoms. The first kappa shape index (κ1) is 20.5. The van der Waals surface area contributed by atoms with Crippen molar-refractivity contribution in [2.24, 2.45) is 10.9 Å². The summed E-state index contributed by atoms with van der Waals surface area (Å²) in [7, 11) is 1.79. The van der Waals surface area contributed by atoms with Crippen LogP contribution in [0, 0.1) is 5.92 Å². The second-order valence-electron chi connectivity index (χ2n) is 7.03. The van der Waals surface area contributed by atoms with Crippen LogP contribution in [0.1, 0.15) is 26.3 Å². The Morgan fingerprint density at radius 3 is 2.96 bits per heavy atom. The third-order valence-corrected chi connectivity index (χ3v) is 4.24. The molecule has 1 aromatic rings. The van der Waals surface area contributed by atoms with E-state index in [4.69, 9.17) is 9.47 Å². The Hall–Kier alpha value is -1.79. The Labute approximate surface area is 158 Å². The minimum absolute atomic E-state index is 0.197. The molecule has 1 fully saturated rings. The molecule has 2 N–H and O–H groups in total. The maximum absolute atomic E-state index is 5.89. The van der Waals surface area contributed by atoms with Gasteiger partial charge in [-0.25, -0.2) is 0 Å². The number of ether oxygens (including phenoxy) is 2. The molecule has 1 heterocycles. The molecule has 0 aliphatic carbocycles. The van der Waals surface area contributed by atoms with Crippen molar-refractivity contribution in [3.63, 3.8) is 0 Å². The average molecular weight is 363 g/mol. The van der Waals surface area contributed by atoms with Crippen molar-refractivity contribution in [2.75, 3.05) is 46.4 Å². The molecule has 2 rings (SSSR count). The lowest BCUT2D eigenvalue weighted by Crippen LogP contribution is -2.50. The molecule has 1 saturated heterocycles. The third kappa shape index (κ3) is 7.22. The van der Waals surface area contributed by atoms with E-state index in [1.165, 1.54) is 0 Å². The number of nitrogens with one attached hydrogen (secondary N) is 2. The van der Waals surface area contributed by atoms with Gasteiger partial charge in [-0.15, -0.1) is 0 Å². The largest absolute Gasteiger partial charge is 0.494 e. The maximum Gasteiger partial charge on any atom is 0.191 e. The van der Waals surface area contributed by atoms with Gasteiger partial charge in [-0.3, -0.25) is 9.89 Å². The molecule has 1 unspecified atom stereocenters. The second kappa shape index (κ2) is 11.0. The lowest BCUT2D eigenvalue weighted by molar-refractivity contribution is -0.0284. The van der Waals surface area contributed by atoms with Gasteiger partial charge in [0.25, 0.3) is 0 Å². The molecule has 0 saturated carbocycles. The molecule has 1 aromatic carbocycles. The first-order chi connectivity index (χ1) is 12.6. The predicted molar refractivity (Wildman–Crippen MR) is 107 cm³/mol. The van der Waals surface area contributed by atoms with Gasteiger partial charge >= 0.3 is 0 Å². The number of hydrogen-bond donors (Lipinski definition) is 2. The molecular weight excluding hydrogens is 328 g/mol. The SMILES string of the molecule is CCOc1cccc(CNC(=NC)NCC2CN(CC(C)C)CCO2)c1. The minimum atomic E-state index is 0.197. The number of guanidine groups is 1. The highest BCUT2D eigenvalue weighted by Gasteiger charge is 2.21. The van der Waals surface area contributed by atoms with Crippen molar-refractivity contribution in [2.45, 2.75) is 33.4 Å². The second-order valence-corrected chi connectivity index (χ2v) is 7.03. The van der Waals surface area contributed by atoms with Crippen molar-refractivity contribution in [3.05, 3.63) is 29.8 Å². The zero-order chi connectivity index (χ0) is 18.8. The van der Waals surface area contributed by atoms with Crippen LogP contribution >= 0.6 is 0 Å². The van der Waals surface area contributed by atoms with E-state index in [9.17, 15) is 0 Å². The highest BCUT2D eigenvalue weighted by molar-refractivity contribution is 5.79. The van der Waals surface area contributed by atoms with Gasteiger partial charge in [0.05, 0.1) is 19.3 Å². The highest BCUT2D eigenvalue weighted by atomic mass is 16.5. The fourth-order valence-corrected chi connectivity index (χ4v) is 3.11. The normalized spacial score (nSPS) is 18.8. The number of aliphatic imine (C=N–C) groups is 1. The summed E-state index contributed by atoms with van der Waals surface area (Å²) in [5.74, 6) is 2.37. The van der Waals surface area contributed by atoms with E-state index in [0.717, 1.165) is 50.1 Å². The van der Waals surface area contributed by atoms with E-state index in [1.54, 1.807) is 7.05 Å². The molecule has 0 aromatic heterocycles. The Balaban J connectivity index is 1.76. The van der Waals surface area contributed by atoms with Crippen molar-refractivity contribution in [1.29, 1.82) is 0 Å². The van der Waals surface area contributed by atoms with Crippen LogP contribution in [0.15, 0.2) is 29.3 Å². The molecule has 0 amide bonds. The summed E-state index contributed by atoms with van der Waals surface area (Å²) in [4.78, 5) is 6.79. The molecule has 146 valence electrons. The van der Waals surface area contributed by atoms with Crippen LogP contribution in [0.4, 0.5) is 0 Å². The fraction of sp³-hybridized carbons (Fsp3) is 0.650. The molecule has 1 aliphatic heterocycles. The Kier molecular flexibility index (Phi) is 8.71. The van der Waals surface area contributed by atoms with E-state index in [2.05, 4.69) is 46.5 Å². The summed E-state index contributed by atoms with van der Waals surface area (Å²) in [5.41, 5.74) is 1.16. The summed E-state index contributed by atoms with van der Waals surface area (Å²) < 4.78 is 11.4. The van der Waals surface area contributed by atoms with E-state index in [1.807, 2.05) is 19.1 Å². The van der Waals surface area contributed by atoms with Crippen molar-refractivity contribution < 1.29 is 9.47 Å². The summed E-state index contributed by atoms with van der Waals surface area (Å²) in [5, 5.41) is 6.73. The topological polar surface area (TPSA) is 58.1 Å². The van der Waals surface area contributed by atoms with E-state index >= 15 is 0 Å². The number of rotatable bonds is 8. The fourth-order valence-electron chi connectivity index (χ4n) is 3.11. The van der Waals surface area contributed by atoms with Crippen LogP contribution in [0.25, 0.3) is 0 Å². The predicted octanol–water partition coefficient (Wildman–Crippen LogP) is 2.11. The quantitative estimate of drug-likeness (QED) is 0.548.